The number of anilines is 1. The zero-order valence-electron chi connectivity index (χ0n) is 17.1. The van der Waals surface area contributed by atoms with Crippen LogP contribution in [0.5, 0.6) is 5.75 Å². The van der Waals surface area contributed by atoms with Gasteiger partial charge in [-0.3, -0.25) is 9.59 Å². The summed E-state index contributed by atoms with van der Waals surface area (Å²) < 4.78 is 5.89. The molecule has 1 aromatic heterocycles. The van der Waals surface area contributed by atoms with Crippen LogP contribution in [0.1, 0.15) is 19.5 Å². The topological polar surface area (TPSA) is 80.3 Å². The maximum absolute atomic E-state index is 12.2. The molecule has 0 aliphatic heterocycles. The Bertz CT molecular complexity index is 986. The molecule has 0 unspecified atom stereocenters. The Hall–Kier alpha value is -3.19. The Kier molecular flexibility index (Phi) is 7.57. The second-order valence-corrected chi connectivity index (χ2v) is 7.88. The molecule has 6 nitrogen and oxygen atoms in total. The molecule has 1 heterocycles. The maximum atomic E-state index is 12.2. The van der Waals surface area contributed by atoms with Gasteiger partial charge >= 0.3 is 0 Å². The molecule has 2 N–H and O–H groups in total. The van der Waals surface area contributed by atoms with Crippen molar-refractivity contribution in [3.8, 4) is 16.9 Å². The summed E-state index contributed by atoms with van der Waals surface area (Å²) in [7, 11) is 0. The van der Waals surface area contributed by atoms with Crippen LogP contribution < -0.4 is 15.4 Å². The highest BCUT2D eigenvalue weighted by Gasteiger charge is 2.12. The lowest BCUT2D eigenvalue weighted by atomic mass is 10.1. The Labute approximate surface area is 180 Å². The van der Waals surface area contributed by atoms with Gasteiger partial charge in [0.2, 0.25) is 11.8 Å². The van der Waals surface area contributed by atoms with Crippen LogP contribution in [-0.4, -0.2) is 29.9 Å². The van der Waals surface area contributed by atoms with Crippen LogP contribution in [0, 0.1) is 5.92 Å². The number of benzene rings is 2. The van der Waals surface area contributed by atoms with Crippen LogP contribution in [0.2, 0.25) is 0 Å². The minimum atomic E-state index is -0.137. The van der Waals surface area contributed by atoms with Gasteiger partial charge in [0.15, 0.2) is 5.13 Å². The Morgan fingerprint density at radius 1 is 1.07 bits per heavy atom. The number of nitrogens with zero attached hydrogens (tertiary/aromatic N) is 1. The zero-order chi connectivity index (χ0) is 21.3. The summed E-state index contributed by atoms with van der Waals surface area (Å²) in [5, 5.41) is 7.87. The van der Waals surface area contributed by atoms with Gasteiger partial charge in [0.05, 0.1) is 18.7 Å². The third-order valence-corrected chi connectivity index (χ3v) is 5.11. The molecule has 0 atom stereocenters. The number of hydrogen-bond acceptors (Lipinski definition) is 5. The lowest BCUT2D eigenvalue weighted by Crippen LogP contribution is -2.29. The lowest BCUT2D eigenvalue weighted by molar-refractivity contribution is -0.120. The third-order valence-electron chi connectivity index (χ3n) is 4.30. The summed E-state index contributed by atoms with van der Waals surface area (Å²) in [6.45, 7) is 4.39. The van der Waals surface area contributed by atoms with Gasteiger partial charge in [-0.05, 0) is 11.6 Å². The summed E-state index contributed by atoms with van der Waals surface area (Å²) in [6.07, 6.45) is 0.161. The Morgan fingerprint density at radius 3 is 2.57 bits per heavy atom. The average molecular weight is 424 g/mol. The minimum Gasteiger partial charge on any atom is -0.491 e. The smallest absolute Gasteiger partial charge is 0.228 e. The predicted octanol–water partition coefficient (Wildman–Crippen LogP) is 4.14. The largest absolute Gasteiger partial charge is 0.491 e. The molecule has 3 rings (SSSR count). The van der Waals surface area contributed by atoms with E-state index < -0.39 is 0 Å². The van der Waals surface area contributed by atoms with Gasteiger partial charge in [0.25, 0.3) is 0 Å². The molecule has 2 aromatic carbocycles. The van der Waals surface area contributed by atoms with Crippen molar-refractivity contribution in [1.82, 2.24) is 10.3 Å². The first-order chi connectivity index (χ1) is 14.5. The molecule has 0 aliphatic rings. The fourth-order valence-corrected chi connectivity index (χ4v) is 3.44. The van der Waals surface area contributed by atoms with E-state index in [1.165, 1.54) is 11.3 Å². The first-order valence-electron chi connectivity index (χ1n) is 9.82. The van der Waals surface area contributed by atoms with Gasteiger partial charge in [-0.2, -0.15) is 0 Å². The van der Waals surface area contributed by atoms with E-state index in [1.807, 2.05) is 68.4 Å². The van der Waals surface area contributed by atoms with Crippen molar-refractivity contribution in [2.45, 2.75) is 20.3 Å². The van der Waals surface area contributed by atoms with E-state index in [0.29, 0.717) is 24.0 Å². The first-order valence-corrected chi connectivity index (χ1v) is 10.7. The number of amides is 2. The van der Waals surface area contributed by atoms with Crippen LogP contribution in [0.4, 0.5) is 5.13 Å². The number of aromatic nitrogens is 1. The van der Waals surface area contributed by atoms with E-state index in [1.54, 1.807) is 5.38 Å². The lowest BCUT2D eigenvalue weighted by Gasteiger charge is -2.12. The molecule has 30 heavy (non-hydrogen) atoms. The fourth-order valence-electron chi connectivity index (χ4n) is 2.72. The van der Waals surface area contributed by atoms with E-state index >= 15 is 0 Å². The van der Waals surface area contributed by atoms with Crippen LogP contribution >= 0.6 is 11.3 Å². The van der Waals surface area contributed by atoms with Crippen LogP contribution in [0.15, 0.2) is 60.0 Å². The number of carbonyl (C=O) groups is 2. The zero-order valence-corrected chi connectivity index (χ0v) is 17.9. The van der Waals surface area contributed by atoms with Crippen molar-refractivity contribution in [3.05, 3.63) is 65.7 Å². The van der Waals surface area contributed by atoms with Gasteiger partial charge in [-0.25, -0.2) is 4.98 Å². The molecule has 7 heteroatoms. The molecular formula is C23H25N3O3S. The van der Waals surface area contributed by atoms with Crippen molar-refractivity contribution in [1.29, 1.82) is 0 Å². The molecular weight excluding hydrogens is 398 g/mol. The number of thiazole rings is 1. The summed E-state index contributed by atoms with van der Waals surface area (Å²) in [5.74, 6) is 0.436. The number of carbonyl (C=O) groups excluding carboxylic acids is 2. The summed E-state index contributed by atoms with van der Waals surface area (Å²) in [5.41, 5.74) is 2.73. The van der Waals surface area contributed by atoms with Gasteiger partial charge in [0.1, 0.15) is 12.4 Å². The molecule has 0 radical (unpaired) electrons. The number of nitrogens with one attached hydrogen (secondary N) is 2. The van der Waals surface area contributed by atoms with Crippen molar-refractivity contribution in [2.24, 2.45) is 5.92 Å². The molecule has 0 fully saturated rings. The van der Waals surface area contributed by atoms with Crippen LogP contribution in [0.25, 0.3) is 11.1 Å². The molecule has 0 spiro atoms. The van der Waals surface area contributed by atoms with E-state index in [9.17, 15) is 9.59 Å². The van der Waals surface area contributed by atoms with Gasteiger partial charge in [-0.1, -0.05) is 62.4 Å². The van der Waals surface area contributed by atoms with E-state index in [2.05, 4.69) is 15.6 Å². The summed E-state index contributed by atoms with van der Waals surface area (Å²) >= 11 is 1.31. The summed E-state index contributed by atoms with van der Waals surface area (Å²) in [4.78, 5) is 28.2. The van der Waals surface area contributed by atoms with Gasteiger partial charge < -0.3 is 15.4 Å². The molecule has 0 saturated heterocycles. The van der Waals surface area contributed by atoms with Crippen molar-refractivity contribution >= 4 is 28.3 Å². The third kappa shape index (κ3) is 6.15. The molecule has 3 aromatic rings. The average Bonchev–Trinajstić information content (AvgIpc) is 3.18. The van der Waals surface area contributed by atoms with Crippen LogP contribution in [0.3, 0.4) is 0 Å². The highest BCUT2D eigenvalue weighted by atomic mass is 32.1. The summed E-state index contributed by atoms with van der Waals surface area (Å²) in [6, 6.07) is 17.9. The molecule has 156 valence electrons. The minimum absolute atomic E-state index is 0.0896. The number of rotatable bonds is 9. The number of hydrogen-bond donors (Lipinski definition) is 2. The molecule has 0 bridgehead atoms. The monoisotopic (exact) mass is 423 g/mol. The van der Waals surface area contributed by atoms with Gasteiger partial charge in [0, 0.05) is 16.9 Å². The Balaban J connectivity index is 1.45. The molecule has 2 amide bonds. The highest BCUT2D eigenvalue weighted by molar-refractivity contribution is 7.13. The second-order valence-electron chi connectivity index (χ2n) is 7.03. The number of para-hydroxylation sites is 1. The van der Waals surface area contributed by atoms with Crippen molar-refractivity contribution in [2.75, 3.05) is 18.5 Å². The standard InChI is InChI=1S/C23H25N3O3S/c1-16(2)22(28)26-23-25-18(15-30-23)14-21(27)24-12-13-29-20-11-7-6-10-19(20)17-8-4-3-5-9-17/h3-11,15-16H,12-14H2,1-2H3,(H,24,27)(H,25,26,28). The molecule has 0 aliphatic carbocycles. The van der Waals surface area contributed by atoms with Crippen molar-refractivity contribution in [3.63, 3.8) is 0 Å². The van der Waals surface area contributed by atoms with E-state index in [4.69, 9.17) is 4.74 Å². The van der Waals surface area contributed by atoms with Crippen LogP contribution in [-0.2, 0) is 16.0 Å². The maximum Gasteiger partial charge on any atom is 0.228 e. The predicted molar refractivity (Wildman–Crippen MR) is 120 cm³/mol. The first kappa shape index (κ1) is 21.5. The normalized spacial score (nSPS) is 10.6. The molecule has 0 saturated carbocycles. The number of ether oxygens (including phenoxy) is 1. The Morgan fingerprint density at radius 2 is 1.80 bits per heavy atom. The van der Waals surface area contributed by atoms with E-state index in [-0.39, 0.29) is 24.2 Å². The quantitative estimate of drug-likeness (QED) is 0.507. The van der Waals surface area contributed by atoms with E-state index in [0.717, 1.165) is 16.9 Å². The SMILES string of the molecule is CC(C)C(=O)Nc1nc(CC(=O)NCCOc2ccccc2-c2ccccc2)cs1. The van der Waals surface area contributed by atoms with Crippen molar-refractivity contribution < 1.29 is 14.3 Å². The highest BCUT2D eigenvalue weighted by Crippen LogP contribution is 2.29. The second kappa shape index (κ2) is 10.5. The fraction of sp³-hybridized carbons (Fsp3) is 0.261. The van der Waals surface area contributed by atoms with Gasteiger partial charge in [-0.15, -0.1) is 11.3 Å².